The van der Waals surface area contributed by atoms with Gasteiger partial charge in [0.2, 0.25) is 0 Å². The Morgan fingerprint density at radius 3 is 2.39 bits per heavy atom. The molecule has 4 heteroatoms. The molecule has 0 saturated heterocycles. The smallest absolute Gasteiger partial charge is 0.0489 e. The highest BCUT2D eigenvalue weighted by molar-refractivity contribution is 5.86. The highest BCUT2D eigenvalue weighted by Crippen LogP contribution is 2.31. The van der Waals surface area contributed by atoms with Gasteiger partial charge in [-0.05, 0) is 24.2 Å². The second-order valence-electron chi connectivity index (χ2n) is 6.00. The number of halogens is 2. The Kier molecular flexibility index (Phi) is 5.74. The summed E-state index contributed by atoms with van der Waals surface area (Å²) in [6.07, 6.45) is 1.15. The van der Waals surface area contributed by atoms with E-state index in [0.29, 0.717) is 0 Å². The van der Waals surface area contributed by atoms with Crippen molar-refractivity contribution in [3.63, 3.8) is 0 Å². The van der Waals surface area contributed by atoms with Crippen LogP contribution in [-0.4, -0.2) is 23.1 Å². The van der Waals surface area contributed by atoms with E-state index in [1.165, 1.54) is 27.7 Å². The first-order chi connectivity index (χ1) is 10.3. The molecule has 2 aromatic carbocycles. The molecule has 0 saturated carbocycles. The Morgan fingerprint density at radius 1 is 0.913 bits per heavy atom. The minimum Gasteiger partial charge on any atom is -0.340 e. The van der Waals surface area contributed by atoms with Gasteiger partial charge in [0.05, 0.1) is 0 Å². The Hall–Kier alpha value is -1.48. The lowest BCUT2D eigenvalue weighted by Crippen LogP contribution is -2.27. The third-order valence-electron chi connectivity index (χ3n) is 4.54. The summed E-state index contributed by atoms with van der Waals surface area (Å²) in [6, 6.07) is 19.6. The first kappa shape index (κ1) is 17.9. The average Bonchev–Trinajstić information content (AvgIpc) is 2.82. The summed E-state index contributed by atoms with van der Waals surface area (Å²) in [4.78, 5) is 2.42. The molecule has 0 fully saturated rings. The second-order valence-corrected chi connectivity index (χ2v) is 6.00. The number of nitrogens with zero attached hydrogens (tertiary/aromatic N) is 2. The van der Waals surface area contributed by atoms with Gasteiger partial charge in [-0.25, -0.2) is 0 Å². The molecule has 23 heavy (non-hydrogen) atoms. The third-order valence-corrected chi connectivity index (χ3v) is 4.54. The third kappa shape index (κ3) is 3.25. The van der Waals surface area contributed by atoms with Crippen molar-refractivity contribution in [1.29, 1.82) is 0 Å². The zero-order valence-corrected chi connectivity index (χ0v) is 14.9. The molecule has 1 aromatic heterocycles. The average molecular weight is 349 g/mol. The van der Waals surface area contributed by atoms with Crippen LogP contribution in [0.25, 0.3) is 10.9 Å². The van der Waals surface area contributed by atoms with Crippen LogP contribution in [0.3, 0.4) is 0 Å². The number of hydrogen-bond donors (Lipinski definition) is 0. The van der Waals surface area contributed by atoms with Crippen molar-refractivity contribution in [3.8, 4) is 0 Å². The molecule has 0 spiro atoms. The van der Waals surface area contributed by atoms with Crippen LogP contribution in [0.4, 0.5) is 0 Å². The predicted octanol–water partition coefficient (Wildman–Crippen LogP) is 4.52. The topological polar surface area (TPSA) is 8.17 Å². The molecule has 122 valence electrons. The van der Waals surface area contributed by atoms with Crippen molar-refractivity contribution >= 4 is 35.7 Å². The SMILES string of the molecule is CN1CCc2c(c3ccccc3n2Cc2ccccc2)C1.Cl.Cl. The molecule has 4 rings (SSSR count). The van der Waals surface area contributed by atoms with Gasteiger partial charge in [0, 0.05) is 42.7 Å². The lowest BCUT2D eigenvalue weighted by Gasteiger charge is -2.24. The maximum absolute atomic E-state index is 2.52. The summed E-state index contributed by atoms with van der Waals surface area (Å²) in [7, 11) is 2.21. The molecular formula is C19H22Cl2N2. The summed E-state index contributed by atoms with van der Waals surface area (Å²) in [5, 5.41) is 1.43. The zero-order valence-electron chi connectivity index (χ0n) is 13.2. The fourth-order valence-electron chi connectivity index (χ4n) is 3.48. The van der Waals surface area contributed by atoms with Crippen molar-refractivity contribution < 1.29 is 0 Å². The Balaban J connectivity index is 0.000000960. The highest BCUT2D eigenvalue weighted by Gasteiger charge is 2.21. The maximum atomic E-state index is 2.52. The molecule has 0 aliphatic carbocycles. The predicted molar refractivity (Wildman–Crippen MR) is 102 cm³/mol. The van der Waals surface area contributed by atoms with Crippen molar-refractivity contribution in [2.45, 2.75) is 19.5 Å². The molecule has 1 aliphatic rings. The molecule has 0 radical (unpaired) electrons. The van der Waals surface area contributed by atoms with Gasteiger partial charge in [-0.1, -0.05) is 48.5 Å². The quantitative estimate of drug-likeness (QED) is 0.660. The fourth-order valence-corrected chi connectivity index (χ4v) is 3.48. The summed E-state index contributed by atoms with van der Waals surface area (Å²) in [5.41, 5.74) is 5.80. The number of hydrogen-bond acceptors (Lipinski definition) is 1. The fraction of sp³-hybridized carbons (Fsp3) is 0.263. The van der Waals surface area contributed by atoms with Gasteiger partial charge in [-0.15, -0.1) is 24.8 Å². The Morgan fingerprint density at radius 2 is 1.61 bits per heavy atom. The van der Waals surface area contributed by atoms with Gasteiger partial charge in [0.15, 0.2) is 0 Å². The van der Waals surface area contributed by atoms with Crippen LogP contribution < -0.4 is 0 Å². The van der Waals surface area contributed by atoms with E-state index in [0.717, 1.165) is 26.1 Å². The molecule has 0 N–H and O–H groups in total. The zero-order chi connectivity index (χ0) is 14.2. The molecule has 1 aliphatic heterocycles. The van der Waals surface area contributed by atoms with Crippen LogP contribution in [-0.2, 0) is 19.5 Å². The van der Waals surface area contributed by atoms with E-state index in [-0.39, 0.29) is 24.8 Å². The second kappa shape index (κ2) is 7.39. The number of aromatic nitrogens is 1. The highest BCUT2D eigenvalue weighted by atomic mass is 35.5. The van der Waals surface area contributed by atoms with Crippen molar-refractivity contribution in [3.05, 3.63) is 71.4 Å². The van der Waals surface area contributed by atoms with Gasteiger partial charge in [0.1, 0.15) is 0 Å². The minimum absolute atomic E-state index is 0. The van der Waals surface area contributed by atoms with E-state index in [1.54, 1.807) is 0 Å². The number of fused-ring (bicyclic) bond motifs is 3. The van der Waals surface area contributed by atoms with Crippen LogP contribution in [0.2, 0.25) is 0 Å². The van der Waals surface area contributed by atoms with Crippen LogP contribution in [0.15, 0.2) is 54.6 Å². The van der Waals surface area contributed by atoms with Gasteiger partial charge < -0.3 is 9.47 Å². The molecule has 0 amide bonds. The lowest BCUT2D eigenvalue weighted by atomic mass is 10.1. The largest absolute Gasteiger partial charge is 0.340 e. The van der Waals surface area contributed by atoms with Gasteiger partial charge in [-0.3, -0.25) is 0 Å². The molecule has 0 unspecified atom stereocenters. The summed E-state index contributed by atoms with van der Waals surface area (Å²) < 4.78 is 2.52. The van der Waals surface area contributed by atoms with Crippen molar-refractivity contribution in [2.24, 2.45) is 0 Å². The summed E-state index contributed by atoms with van der Waals surface area (Å²) >= 11 is 0. The molecular weight excluding hydrogens is 327 g/mol. The van der Waals surface area contributed by atoms with E-state index >= 15 is 0 Å². The van der Waals surface area contributed by atoms with E-state index in [4.69, 9.17) is 0 Å². The number of para-hydroxylation sites is 1. The van der Waals surface area contributed by atoms with E-state index < -0.39 is 0 Å². The first-order valence-corrected chi connectivity index (χ1v) is 7.64. The van der Waals surface area contributed by atoms with Crippen molar-refractivity contribution in [1.82, 2.24) is 9.47 Å². The lowest BCUT2D eigenvalue weighted by molar-refractivity contribution is 0.310. The Labute approximate surface area is 149 Å². The van der Waals surface area contributed by atoms with E-state index in [1.807, 2.05) is 0 Å². The standard InChI is InChI=1S/C19H20N2.2ClH/c1-20-12-11-19-17(14-20)16-9-5-6-10-18(16)21(19)13-15-7-3-2-4-8-15;;/h2-10H,11-14H2,1H3;2*1H. The number of benzene rings is 2. The minimum atomic E-state index is 0. The maximum Gasteiger partial charge on any atom is 0.0489 e. The summed E-state index contributed by atoms with van der Waals surface area (Å²) in [6.45, 7) is 3.19. The first-order valence-electron chi connectivity index (χ1n) is 7.64. The summed E-state index contributed by atoms with van der Waals surface area (Å²) in [5.74, 6) is 0. The van der Waals surface area contributed by atoms with E-state index in [2.05, 4.69) is 71.1 Å². The molecule has 0 bridgehead atoms. The molecule has 0 atom stereocenters. The number of likely N-dealkylation sites (N-methyl/N-ethyl adjacent to an activating group) is 1. The monoisotopic (exact) mass is 348 g/mol. The molecule has 2 heterocycles. The van der Waals surface area contributed by atoms with Crippen LogP contribution >= 0.6 is 24.8 Å². The van der Waals surface area contributed by atoms with Crippen LogP contribution in [0.1, 0.15) is 16.8 Å². The van der Waals surface area contributed by atoms with Gasteiger partial charge in [-0.2, -0.15) is 0 Å². The van der Waals surface area contributed by atoms with Crippen molar-refractivity contribution in [2.75, 3.05) is 13.6 Å². The normalized spacial score (nSPS) is 14.0. The number of rotatable bonds is 2. The van der Waals surface area contributed by atoms with Gasteiger partial charge >= 0.3 is 0 Å². The van der Waals surface area contributed by atoms with Crippen LogP contribution in [0, 0.1) is 0 Å². The van der Waals surface area contributed by atoms with Crippen LogP contribution in [0.5, 0.6) is 0 Å². The van der Waals surface area contributed by atoms with Gasteiger partial charge in [0.25, 0.3) is 0 Å². The van der Waals surface area contributed by atoms with E-state index in [9.17, 15) is 0 Å². The Bertz CT molecular complexity index is 781. The molecule has 3 aromatic rings. The molecule has 2 nitrogen and oxygen atoms in total.